The Bertz CT molecular complexity index is 939. The number of hydrogen-bond donors (Lipinski definition) is 0. The molecule has 0 aromatic heterocycles. The van der Waals surface area contributed by atoms with E-state index in [1.54, 1.807) is 60.7 Å². The Kier molecular flexibility index (Phi) is 5.58. The SMILES string of the molecule is N#Cc1c(F)c(Sc2ccccc2)c(Sc2ccccc2)c(F)c1C#N. The highest BCUT2D eigenvalue weighted by Crippen LogP contribution is 2.44. The Hall–Kier alpha value is -2.80. The van der Waals surface area contributed by atoms with E-state index in [9.17, 15) is 19.3 Å². The highest BCUT2D eigenvalue weighted by atomic mass is 32.2. The lowest BCUT2D eigenvalue weighted by Gasteiger charge is -2.14. The first kappa shape index (κ1) is 18.0. The van der Waals surface area contributed by atoms with E-state index in [0.29, 0.717) is 9.79 Å². The van der Waals surface area contributed by atoms with Crippen LogP contribution in [0.2, 0.25) is 0 Å². The Morgan fingerprint density at radius 3 is 1.27 bits per heavy atom. The first-order chi connectivity index (χ1) is 12.7. The van der Waals surface area contributed by atoms with Crippen molar-refractivity contribution in [3.05, 3.63) is 83.4 Å². The smallest absolute Gasteiger partial charge is 0.157 e. The van der Waals surface area contributed by atoms with Crippen LogP contribution in [0.25, 0.3) is 0 Å². The lowest BCUT2D eigenvalue weighted by Crippen LogP contribution is -2.01. The van der Waals surface area contributed by atoms with Gasteiger partial charge in [-0.25, -0.2) is 8.78 Å². The van der Waals surface area contributed by atoms with Gasteiger partial charge >= 0.3 is 0 Å². The fourth-order valence-corrected chi connectivity index (χ4v) is 4.31. The molecule has 6 heteroatoms. The first-order valence-corrected chi connectivity index (χ1v) is 9.10. The summed E-state index contributed by atoms with van der Waals surface area (Å²) in [5.74, 6) is -1.75. The molecule has 0 saturated heterocycles. The van der Waals surface area contributed by atoms with Gasteiger partial charge in [-0.2, -0.15) is 10.5 Å². The zero-order valence-electron chi connectivity index (χ0n) is 13.2. The number of halogens is 2. The predicted molar refractivity (Wildman–Crippen MR) is 96.9 cm³/mol. The van der Waals surface area contributed by atoms with E-state index in [1.807, 2.05) is 12.1 Å². The number of nitrogens with zero attached hydrogens (tertiary/aromatic N) is 2. The molecule has 0 radical (unpaired) electrons. The van der Waals surface area contributed by atoms with Crippen molar-refractivity contribution in [1.82, 2.24) is 0 Å². The van der Waals surface area contributed by atoms with Crippen LogP contribution >= 0.6 is 23.5 Å². The zero-order chi connectivity index (χ0) is 18.5. The summed E-state index contributed by atoms with van der Waals surface area (Å²) in [4.78, 5) is 1.40. The molecule has 3 aromatic carbocycles. The zero-order valence-corrected chi connectivity index (χ0v) is 14.9. The van der Waals surface area contributed by atoms with E-state index < -0.39 is 22.8 Å². The lowest BCUT2D eigenvalue weighted by molar-refractivity contribution is 0.544. The van der Waals surface area contributed by atoms with Gasteiger partial charge in [-0.05, 0) is 24.3 Å². The molecule has 3 rings (SSSR count). The van der Waals surface area contributed by atoms with Crippen molar-refractivity contribution in [2.45, 2.75) is 19.6 Å². The molecule has 2 nitrogen and oxygen atoms in total. The molecule has 3 aromatic rings. The molecule has 0 fully saturated rings. The summed E-state index contributed by atoms with van der Waals surface area (Å²) in [5, 5.41) is 18.4. The summed E-state index contributed by atoms with van der Waals surface area (Å²) in [6.45, 7) is 0. The molecular formula is C20H10F2N2S2. The quantitative estimate of drug-likeness (QED) is 0.556. The molecule has 0 bridgehead atoms. The largest absolute Gasteiger partial charge is 0.204 e. The van der Waals surface area contributed by atoms with Gasteiger partial charge in [0, 0.05) is 9.79 Å². The Balaban J connectivity index is 2.21. The van der Waals surface area contributed by atoms with Crippen LogP contribution in [-0.4, -0.2) is 0 Å². The summed E-state index contributed by atoms with van der Waals surface area (Å²) in [7, 11) is 0. The van der Waals surface area contributed by atoms with Gasteiger partial charge in [0.1, 0.15) is 23.3 Å². The van der Waals surface area contributed by atoms with E-state index >= 15 is 0 Å². The average molecular weight is 380 g/mol. The molecule has 126 valence electrons. The third kappa shape index (κ3) is 3.57. The molecule has 0 amide bonds. The van der Waals surface area contributed by atoms with Crippen LogP contribution in [0.15, 0.2) is 80.2 Å². The highest BCUT2D eigenvalue weighted by molar-refractivity contribution is 8.02. The van der Waals surface area contributed by atoms with E-state index in [4.69, 9.17) is 0 Å². The predicted octanol–water partition coefficient (Wildman–Crippen LogP) is 6.01. The number of rotatable bonds is 4. The topological polar surface area (TPSA) is 47.6 Å². The second kappa shape index (κ2) is 8.05. The van der Waals surface area contributed by atoms with Crippen LogP contribution in [-0.2, 0) is 0 Å². The van der Waals surface area contributed by atoms with Crippen molar-refractivity contribution in [2.75, 3.05) is 0 Å². The minimum absolute atomic E-state index is 0.00176. The van der Waals surface area contributed by atoms with Gasteiger partial charge in [0.2, 0.25) is 0 Å². The molecule has 0 N–H and O–H groups in total. The van der Waals surface area contributed by atoms with Crippen molar-refractivity contribution in [2.24, 2.45) is 0 Å². The highest BCUT2D eigenvalue weighted by Gasteiger charge is 2.26. The minimum atomic E-state index is -0.877. The summed E-state index contributed by atoms with van der Waals surface area (Å²) in [5.41, 5.74) is -1.14. The van der Waals surface area contributed by atoms with E-state index in [-0.39, 0.29) is 9.79 Å². The third-order valence-corrected chi connectivity index (χ3v) is 5.76. The lowest BCUT2D eigenvalue weighted by atomic mass is 10.1. The second-order valence-corrected chi connectivity index (χ2v) is 7.26. The number of nitriles is 2. The van der Waals surface area contributed by atoms with Gasteiger partial charge in [-0.15, -0.1) is 0 Å². The van der Waals surface area contributed by atoms with E-state index in [2.05, 4.69) is 0 Å². The molecule has 26 heavy (non-hydrogen) atoms. The van der Waals surface area contributed by atoms with Crippen LogP contribution in [0, 0.1) is 34.3 Å². The van der Waals surface area contributed by atoms with Crippen LogP contribution in [0.3, 0.4) is 0 Å². The summed E-state index contributed by atoms with van der Waals surface area (Å²) in [6, 6.07) is 21.1. The average Bonchev–Trinajstić information content (AvgIpc) is 2.68. The molecule has 0 aliphatic heterocycles. The second-order valence-electron chi connectivity index (χ2n) is 5.09. The Labute approximate surface area is 158 Å². The van der Waals surface area contributed by atoms with Crippen molar-refractivity contribution in [3.8, 4) is 12.1 Å². The summed E-state index contributed by atoms with van der Waals surface area (Å²) >= 11 is 2.05. The van der Waals surface area contributed by atoms with Gasteiger partial charge in [0.25, 0.3) is 0 Å². The third-order valence-electron chi connectivity index (χ3n) is 3.44. The molecule has 0 spiro atoms. The molecular weight excluding hydrogens is 370 g/mol. The maximum atomic E-state index is 15.0. The molecule has 0 unspecified atom stereocenters. The maximum Gasteiger partial charge on any atom is 0.157 e. The van der Waals surface area contributed by atoms with Gasteiger partial charge in [0.05, 0.1) is 9.79 Å². The monoisotopic (exact) mass is 380 g/mol. The molecule has 0 aliphatic carbocycles. The van der Waals surface area contributed by atoms with Crippen LogP contribution in [0.5, 0.6) is 0 Å². The molecule has 0 aliphatic rings. The standard InChI is InChI=1S/C20H10F2N2S2/c21-17-15(11-23)16(12-24)18(22)20(26-14-9-5-2-6-10-14)19(17)25-13-7-3-1-4-8-13/h1-10H. The van der Waals surface area contributed by atoms with Gasteiger partial charge < -0.3 is 0 Å². The van der Waals surface area contributed by atoms with Crippen molar-refractivity contribution < 1.29 is 8.78 Å². The van der Waals surface area contributed by atoms with Crippen LogP contribution in [0.1, 0.15) is 11.1 Å². The summed E-state index contributed by atoms with van der Waals surface area (Å²) in [6.07, 6.45) is 0. The molecule has 0 saturated carbocycles. The van der Waals surface area contributed by atoms with Crippen molar-refractivity contribution >= 4 is 23.5 Å². The fourth-order valence-electron chi connectivity index (χ4n) is 2.25. The van der Waals surface area contributed by atoms with E-state index in [0.717, 1.165) is 23.5 Å². The van der Waals surface area contributed by atoms with Crippen LogP contribution in [0.4, 0.5) is 8.78 Å². The Morgan fingerprint density at radius 1 is 0.615 bits per heavy atom. The molecule has 0 atom stereocenters. The normalized spacial score (nSPS) is 10.2. The molecule has 0 heterocycles. The van der Waals surface area contributed by atoms with Gasteiger partial charge in [-0.3, -0.25) is 0 Å². The maximum absolute atomic E-state index is 15.0. The number of benzene rings is 3. The van der Waals surface area contributed by atoms with Gasteiger partial charge in [-0.1, -0.05) is 59.9 Å². The van der Waals surface area contributed by atoms with Crippen molar-refractivity contribution in [1.29, 1.82) is 10.5 Å². The van der Waals surface area contributed by atoms with Crippen LogP contribution < -0.4 is 0 Å². The van der Waals surface area contributed by atoms with Crippen molar-refractivity contribution in [3.63, 3.8) is 0 Å². The Morgan fingerprint density at radius 2 is 0.962 bits per heavy atom. The fraction of sp³-hybridized carbons (Fsp3) is 0. The van der Waals surface area contributed by atoms with Gasteiger partial charge in [0.15, 0.2) is 11.6 Å². The summed E-state index contributed by atoms with van der Waals surface area (Å²) < 4.78 is 29.9. The number of hydrogen-bond acceptors (Lipinski definition) is 4. The van der Waals surface area contributed by atoms with E-state index in [1.165, 1.54) is 0 Å². The first-order valence-electron chi connectivity index (χ1n) is 7.46. The minimum Gasteiger partial charge on any atom is -0.204 e.